The average molecular weight is 396 g/mol. The zero-order chi connectivity index (χ0) is 20.9. The number of hydrogen-bond donors (Lipinski definition) is 1. The van der Waals surface area contributed by atoms with Gasteiger partial charge in [0.15, 0.2) is 12.3 Å². The zero-order valence-corrected chi connectivity index (χ0v) is 17.9. The van der Waals surface area contributed by atoms with Crippen molar-refractivity contribution in [2.24, 2.45) is 14.1 Å². The summed E-state index contributed by atoms with van der Waals surface area (Å²) in [6, 6.07) is 1.75. The lowest BCUT2D eigenvalue weighted by atomic mass is 10.1. The van der Waals surface area contributed by atoms with E-state index in [4.69, 9.17) is 4.74 Å². The maximum Gasteiger partial charge on any atom is 0.258 e. The number of aryl methyl sites for hydroxylation is 4. The molecule has 0 radical (unpaired) electrons. The van der Waals surface area contributed by atoms with Gasteiger partial charge in [-0.25, -0.2) is 0 Å². The molecule has 0 spiro atoms. The number of ether oxygens (including phenoxy) is 1. The van der Waals surface area contributed by atoms with Gasteiger partial charge < -0.3 is 10.1 Å². The van der Waals surface area contributed by atoms with Crippen molar-refractivity contribution >= 4 is 16.9 Å². The molecule has 1 aliphatic carbocycles. The highest BCUT2D eigenvalue weighted by Crippen LogP contribution is 2.43. The molecule has 1 fully saturated rings. The molecule has 3 heterocycles. The Morgan fingerprint density at radius 2 is 1.97 bits per heavy atom. The molecule has 1 aliphatic rings. The third kappa shape index (κ3) is 3.59. The fraction of sp³-hybridized carbons (Fsp3) is 0.524. The smallest absolute Gasteiger partial charge is 0.258 e. The van der Waals surface area contributed by atoms with Gasteiger partial charge in [0.2, 0.25) is 5.88 Å². The second kappa shape index (κ2) is 7.17. The number of pyridine rings is 1. The molecule has 29 heavy (non-hydrogen) atoms. The monoisotopic (exact) mass is 396 g/mol. The number of nitrogens with zero attached hydrogens (tertiary/aromatic N) is 5. The first-order valence-electron chi connectivity index (χ1n) is 10.0. The largest absolute Gasteiger partial charge is 0.468 e. The van der Waals surface area contributed by atoms with Crippen LogP contribution in [0, 0.1) is 20.8 Å². The Kier molecular flexibility index (Phi) is 4.80. The summed E-state index contributed by atoms with van der Waals surface area (Å²) in [5.74, 6) is 0.804. The van der Waals surface area contributed by atoms with Crippen LogP contribution in [0.2, 0.25) is 0 Å². The van der Waals surface area contributed by atoms with Crippen molar-refractivity contribution in [3.63, 3.8) is 0 Å². The molecule has 8 nitrogen and oxygen atoms in total. The summed E-state index contributed by atoms with van der Waals surface area (Å²) in [5.41, 5.74) is 6.02. The quantitative estimate of drug-likeness (QED) is 0.692. The summed E-state index contributed by atoms with van der Waals surface area (Å²) < 4.78 is 9.35. The number of fused-ring (bicyclic) bond motifs is 1. The minimum Gasteiger partial charge on any atom is -0.468 e. The normalized spacial score (nSPS) is 15.0. The molecule has 0 bridgehead atoms. The van der Waals surface area contributed by atoms with Gasteiger partial charge in [0, 0.05) is 42.7 Å². The van der Waals surface area contributed by atoms with Crippen LogP contribution in [0.1, 0.15) is 59.9 Å². The van der Waals surface area contributed by atoms with Crippen molar-refractivity contribution in [1.29, 1.82) is 0 Å². The van der Waals surface area contributed by atoms with Gasteiger partial charge in [-0.15, -0.1) is 0 Å². The zero-order valence-electron chi connectivity index (χ0n) is 17.9. The molecule has 4 rings (SSSR count). The molecular weight excluding hydrogens is 368 g/mol. The lowest BCUT2D eigenvalue weighted by Crippen LogP contribution is -2.31. The molecule has 0 aromatic carbocycles. The number of amides is 1. The maximum atomic E-state index is 12.4. The van der Waals surface area contributed by atoms with E-state index in [1.165, 1.54) is 12.8 Å². The third-order valence-corrected chi connectivity index (χ3v) is 5.69. The van der Waals surface area contributed by atoms with E-state index in [0.717, 1.165) is 39.2 Å². The first-order valence-corrected chi connectivity index (χ1v) is 10.0. The number of nitrogens with one attached hydrogen (secondary N) is 1. The predicted molar refractivity (Wildman–Crippen MR) is 110 cm³/mol. The molecule has 154 valence electrons. The maximum absolute atomic E-state index is 12.4. The van der Waals surface area contributed by atoms with E-state index < -0.39 is 0 Å². The van der Waals surface area contributed by atoms with Crippen molar-refractivity contribution in [2.45, 2.75) is 52.5 Å². The van der Waals surface area contributed by atoms with E-state index in [9.17, 15) is 4.79 Å². The van der Waals surface area contributed by atoms with Crippen LogP contribution in [0.3, 0.4) is 0 Å². The van der Waals surface area contributed by atoms with Crippen molar-refractivity contribution in [3.8, 4) is 5.88 Å². The molecule has 1 unspecified atom stereocenters. The van der Waals surface area contributed by atoms with E-state index in [-0.39, 0.29) is 18.6 Å². The summed E-state index contributed by atoms with van der Waals surface area (Å²) in [4.78, 5) is 17.0. The summed E-state index contributed by atoms with van der Waals surface area (Å²) in [7, 11) is 3.80. The van der Waals surface area contributed by atoms with Gasteiger partial charge in [-0.2, -0.15) is 15.2 Å². The van der Waals surface area contributed by atoms with E-state index in [0.29, 0.717) is 11.8 Å². The highest BCUT2D eigenvalue weighted by molar-refractivity contribution is 5.84. The van der Waals surface area contributed by atoms with Crippen LogP contribution >= 0.6 is 0 Å². The molecule has 8 heteroatoms. The number of rotatable bonds is 6. The molecule has 3 aromatic heterocycles. The van der Waals surface area contributed by atoms with Crippen LogP contribution in [-0.4, -0.2) is 37.1 Å². The molecule has 1 atom stereocenters. The Morgan fingerprint density at radius 3 is 2.59 bits per heavy atom. The molecule has 3 aromatic rings. The van der Waals surface area contributed by atoms with Gasteiger partial charge in [-0.1, -0.05) is 0 Å². The van der Waals surface area contributed by atoms with Crippen LogP contribution in [0.4, 0.5) is 0 Å². The van der Waals surface area contributed by atoms with E-state index >= 15 is 0 Å². The number of aromatic nitrogens is 5. The SMILES string of the molecule is Cc1nn(C)c(C)c1C(C)NC(=O)COc1cc(C)c2c(C3CC3)nn(C)c2n1. The van der Waals surface area contributed by atoms with Crippen LogP contribution in [0.25, 0.3) is 11.0 Å². The van der Waals surface area contributed by atoms with E-state index in [1.54, 1.807) is 4.68 Å². The molecular formula is C21H28N6O2. The lowest BCUT2D eigenvalue weighted by Gasteiger charge is -2.15. The molecule has 0 aliphatic heterocycles. The Balaban J connectivity index is 1.45. The minimum absolute atomic E-state index is 0.0893. The molecule has 1 amide bonds. The molecule has 1 saturated carbocycles. The van der Waals surface area contributed by atoms with Gasteiger partial charge in [0.05, 0.1) is 17.4 Å². The predicted octanol–water partition coefficient (Wildman–Crippen LogP) is 2.76. The van der Waals surface area contributed by atoms with Crippen molar-refractivity contribution in [2.75, 3.05) is 6.61 Å². The first kappa shape index (κ1) is 19.4. The molecule has 1 N–H and O–H groups in total. The minimum atomic E-state index is -0.191. The fourth-order valence-corrected chi connectivity index (χ4v) is 4.06. The van der Waals surface area contributed by atoms with Gasteiger partial charge in [-0.05, 0) is 46.1 Å². The Labute approximate surface area is 170 Å². The van der Waals surface area contributed by atoms with Gasteiger partial charge in [0.25, 0.3) is 5.91 Å². The van der Waals surface area contributed by atoms with Crippen molar-refractivity contribution in [1.82, 2.24) is 29.9 Å². The summed E-state index contributed by atoms with van der Waals surface area (Å²) >= 11 is 0. The van der Waals surface area contributed by atoms with Crippen molar-refractivity contribution in [3.05, 3.63) is 34.3 Å². The van der Waals surface area contributed by atoms with Gasteiger partial charge in [0.1, 0.15) is 0 Å². The summed E-state index contributed by atoms with van der Waals surface area (Å²) in [6.45, 7) is 7.86. The second-order valence-corrected chi connectivity index (χ2v) is 8.05. The van der Waals surface area contributed by atoms with Crippen molar-refractivity contribution < 1.29 is 9.53 Å². The average Bonchev–Trinajstić information content (AvgIpc) is 3.39. The fourth-order valence-electron chi connectivity index (χ4n) is 4.06. The second-order valence-electron chi connectivity index (χ2n) is 8.05. The molecule has 0 saturated heterocycles. The van der Waals surface area contributed by atoms with E-state index in [2.05, 4.69) is 20.5 Å². The summed E-state index contributed by atoms with van der Waals surface area (Å²) in [6.07, 6.45) is 2.39. The van der Waals surface area contributed by atoms with Crippen LogP contribution < -0.4 is 10.1 Å². The standard InChI is InChI=1S/C21H28N6O2/c1-11-9-17(23-21-18(11)20(15-7-8-15)25-27(21)6)29-10-16(28)22-12(2)19-13(3)24-26(5)14(19)4/h9,12,15H,7-8,10H2,1-6H3,(H,22,28). The summed E-state index contributed by atoms with van der Waals surface area (Å²) in [5, 5.41) is 13.2. The first-order chi connectivity index (χ1) is 13.8. The van der Waals surface area contributed by atoms with Crippen LogP contribution in [-0.2, 0) is 18.9 Å². The van der Waals surface area contributed by atoms with E-state index in [1.807, 2.05) is 52.5 Å². The van der Waals surface area contributed by atoms with Gasteiger partial charge >= 0.3 is 0 Å². The highest BCUT2D eigenvalue weighted by Gasteiger charge is 2.30. The highest BCUT2D eigenvalue weighted by atomic mass is 16.5. The third-order valence-electron chi connectivity index (χ3n) is 5.69. The van der Waals surface area contributed by atoms with Gasteiger partial charge in [-0.3, -0.25) is 14.2 Å². The van der Waals surface area contributed by atoms with Crippen LogP contribution in [0.5, 0.6) is 5.88 Å². The Morgan fingerprint density at radius 1 is 1.24 bits per heavy atom. The number of carbonyl (C=O) groups excluding carboxylic acids is 1. The number of hydrogen-bond acceptors (Lipinski definition) is 5. The Bertz CT molecular complexity index is 1090. The number of carbonyl (C=O) groups is 1. The topological polar surface area (TPSA) is 86.9 Å². The Hall–Kier alpha value is -2.90. The van der Waals surface area contributed by atoms with Crippen LogP contribution in [0.15, 0.2) is 6.07 Å². The lowest BCUT2D eigenvalue weighted by molar-refractivity contribution is -0.123.